The van der Waals surface area contributed by atoms with Gasteiger partial charge < -0.3 is 9.64 Å². The Labute approximate surface area is 97.2 Å². The van der Waals surface area contributed by atoms with Gasteiger partial charge in [0.1, 0.15) is 5.41 Å². The van der Waals surface area contributed by atoms with Gasteiger partial charge in [-0.3, -0.25) is 4.79 Å². The number of hydrogen-bond acceptors (Lipinski definition) is 3. The normalized spacial score (nSPS) is 20.9. The quantitative estimate of drug-likeness (QED) is 0.731. The first-order valence-corrected chi connectivity index (χ1v) is 5.81. The van der Waals surface area contributed by atoms with E-state index in [1.54, 1.807) is 18.9 Å². The molecule has 0 aliphatic carbocycles. The largest absolute Gasteiger partial charge is 0.381 e. The molecule has 1 saturated heterocycles. The van der Waals surface area contributed by atoms with E-state index in [0.29, 0.717) is 19.6 Å². The molecule has 1 atom stereocenters. The summed E-state index contributed by atoms with van der Waals surface area (Å²) in [6.45, 7) is 5.00. The smallest absolute Gasteiger partial charge is 0.242 e. The van der Waals surface area contributed by atoms with Crippen molar-refractivity contribution in [2.24, 2.45) is 5.41 Å². The maximum atomic E-state index is 12.2. The highest BCUT2D eigenvalue weighted by Crippen LogP contribution is 2.25. The fourth-order valence-corrected chi connectivity index (χ4v) is 1.91. The summed E-state index contributed by atoms with van der Waals surface area (Å²) in [5, 5.41) is 9.08. The summed E-state index contributed by atoms with van der Waals surface area (Å²) in [6.07, 6.45) is 2.29. The summed E-state index contributed by atoms with van der Waals surface area (Å²) in [7, 11) is 1.80. The standard InChI is InChI=1S/C12H20N2O2/c1-4-12(2,9-13)11(15)14(3)10-5-7-16-8-6-10/h10H,4-8H2,1-3H3. The van der Waals surface area contributed by atoms with Crippen LogP contribution in [0.3, 0.4) is 0 Å². The van der Waals surface area contributed by atoms with Gasteiger partial charge in [0, 0.05) is 26.3 Å². The molecule has 0 aromatic carbocycles. The molecule has 0 radical (unpaired) electrons. The van der Waals surface area contributed by atoms with E-state index in [1.165, 1.54) is 0 Å². The van der Waals surface area contributed by atoms with E-state index in [2.05, 4.69) is 6.07 Å². The van der Waals surface area contributed by atoms with Crippen molar-refractivity contribution in [2.45, 2.75) is 39.2 Å². The van der Waals surface area contributed by atoms with Crippen LogP contribution in [0.2, 0.25) is 0 Å². The van der Waals surface area contributed by atoms with Crippen molar-refractivity contribution >= 4 is 5.91 Å². The van der Waals surface area contributed by atoms with Crippen LogP contribution >= 0.6 is 0 Å². The lowest BCUT2D eigenvalue weighted by atomic mass is 9.87. The molecule has 1 rings (SSSR count). The number of ether oxygens (including phenoxy) is 1. The van der Waals surface area contributed by atoms with Gasteiger partial charge in [0.25, 0.3) is 0 Å². The van der Waals surface area contributed by atoms with E-state index < -0.39 is 5.41 Å². The van der Waals surface area contributed by atoms with Crippen LogP contribution < -0.4 is 0 Å². The SMILES string of the molecule is CCC(C)(C#N)C(=O)N(C)C1CCOCC1. The van der Waals surface area contributed by atoms with Crippen LogP contribution in [0.1, 0.15) is 33.1 Å². The number of amides is 1. The Morgan fingerprint density at radius 3 is 2.56 bits per heavy atom. The Kier molecular flexibility index (Phi) is 4.31. The fraction of sp³-hybridized carbons (Fsp3) is 0.833. The second kappa shape index (κ2) is 5.31. The van der Waals surface area contributed by atoms with E-state index in [4.69, 9.17) is 10.00 Å². The second-order valence-electron chi connectivity index (χ2n) is 4.56. The minimum Gasteiger partial charge on any atom is -0.381 e. The molecule has 0 N–H and O–H groups in total. The summed E-state index contributed by atoms with van der Waals surface area (Å²) in [5.41, 5.74) is -0.882. The predicted molar refractivity (Wildman–Crippen MR) is 60.6 cm³/mol. The minimum absolute atomic E-state index is 0.0654. The first-order valence-electron chi connectivity index (χ1n) is 5.81. The van der Waals surface area contributed by atoms with Crippen molar-refractivity contribution in [1.29, 1.82) is 5.26 Å². The Bertz CT molecular complexity index is 292. The Balaban J connectivity index is 2.69. The van der Waals surface area contributed by atoms with Crippen molar-refractivity contribution in [3.8, 4) is 6.07 Å². The van der Waals surface area contributed by atoms with Gasteiger partial charge in [-0.05, 0) is 26.2 Å². The first-order chi connectivity index (χ1) is 7.55. The third kappa shape index (κ3) is 2.53. The average Bonchev–Trinajstić information content (AvgIpc) is 2.37. The van der Waals surface area contributed by atoms with Crippen LogP contribution in [-0.2, 0) is 9.53 Å². The molecule has 1 amide bonds. The summed E-state index contributed by atoms with van der Waals surface area (Å²) < 4.78 is 5.26. The van der Waals surface area contributed by atoms with E-state index in [0.717, 1.165) is 12.8 Å². The Morgan fingerprint density at radius 1 is 1.56 bits per heavy atom. The van der Waals surface area contributed by atoms with Crippen molar-refractivity contribution < 1.29 is 9.53 Å². The molecule has 0 aromatic heterocycles. The molecule has 1 fully saturated rings. The number of nitriles is 1. The van der Waals surface area contributed by atoms with Crippen molar-refractivity contribution in [3.63, 3.8) is 0 Å². The van der Waals surface area contributed by atoms with Gasteiger partial charge in [-0.2, -0.15) is 5.26 Å². The lowest BCUT2D eigenvalue weighted by Gasteiger charge is -2.35. The fourth-order valence-electron chi connectivity index (χ4n) is 1.91. The number of hydrogen-bond donors (Lipinski definition) is 0. The summed E-state index contributed by atoms with van der Waals surface area (Å²) in [6, 6.07) is 2.35. The van der Waals surface area contributed by atoms with E-state index in [9.17, 15) is 4.79 Å². The second-order valence-corrected chi connectivity index (χ2v) is 4.56. The molecule has 16 heavy (non-hydrogen) atoms. The number of carbonyl (C=O) groups excluding carboxylic acids is 1. The zero-order valence-corrected chi connectivity index (χ0v) is 10.3. The average molecular weight is 224 g/mol. The summed E-state index contributed by atoms with van der Waals surface area (Å²) >= 11 is 0. The third-order valence-corrected chi connectivity index (χ3v) is 3.48. The topological polar surface area (TPSA) is 53.3 Å². The molecule has 1 aliphatic rings. The molecule has 0 saturated carbocycles. The Hall–Kier alpha value is -1.08. The lowest BCUT2D eigenvalue weighted by Crippen LogP contribution is -2.46. The highest BCUT2D eigenvalue weighted by Gasteiger charge is 2.36. The van der Waals surface area contributed by atoms with Gasteiger partial charge in [0.05, 0.1) is 6.07 Å². The highest BCUT2D eigenvalue weighted by molar-refractivity contribution is 5.85. The molecule has 1 unspecified atom stereocenters. The number of nitrogens with zero attached hydrogens (tertiary/aromatic N) is 2. The van der Waals surface area contributed by atoms with Gasteiger partial charge in [-0.15, -0.1) is 0 Å². The van der Waals surface area contributed by atoms with Crippen LogP contribution in [0.15, 0.2) is 0 Å². The molecule has 0 aromatic rings. The van der Waals surface area contributed by atoms with E-state index in [1.807, 2.05) is 6.92 Å². The number of rotatable bonds is 3. The minimum atomic E-state index is -0.882. The maximum absolute atomic E-state index is 12.2. The van der Waals surface area contributed by atoms with Gasteiger partial charge in [0.15, 0.2) is 0 Å². The first kappa shape index (κ1) is 13.0. The monoisotopic (exact) mass is 224 g/mol. The van der Waals surface area contributed by atoms with Crippen LogP contribution in [0, 0.1) is 16.7 Å². The van der Waals surface area contributed by atoms with Gasteiger partial charge in [0.2, 0.25) is 5.91 Å². The van der Waals surface area contributed by atoms with Crippen LogP contribution in [-0.4, -0.2) is 37.1 Å². The maximum Gasteiger partial charge on any atom is 0.242 e. The highest BCUT2D eigenvalue weighted by atomic mass is 16.5. The zero-order chi connectivity index (χ0) is 12.2. The van der Waals surface area contributed by atoms with Gasteiger partial charge in [-0.25, -0.2) is 0 Å². The summed E-state index contributed by atoms with van der Waals surface area (Å²) in [4.78, 5) is 13.9. The van der Waals surface area contributed by atoms with Gasteiger partial charge in [-0.1, -0.05) is 6.92 Å². The molecular weight excluding hydrogens is 204 g/mol. The zero-order valence-electron chi connectivity index (χ0n) is 10.3. The van der Waals surface area contributed by atoms with E-state index >= 15 is 0 Å². The molecule has 1 aliphatic heterocycles. The lowest BCUT2D eigenvalue weighted by molar-refractivity contribution is -0.140. The molecule has 4 heteroatoms. The third-order valence-electron chi connectivity index (χ3n) is 3.48. The predicted octanol–water partition coefficient (Wildman–Crippen LogP) is 1.56. The van der Waals surface area contributed by atoms with E-state index in [-0.39, 0.29) is 11.9 Å². The van der Waals surface area contributed by atoms with Crippen LogP contribution in [0.4, 0.5) is 0 Å². The summed E-state index contributed by atoms with van der Waals surface area (Å²) in [5.74, 6) is -0.0654. The van der Waals surface area contributed by atoms with Crippen molar-refractivity contribution in [2.75, 3.05) is 20.3 Å². The van der Waals surface area contributed by atoms with Crippen LogP contribution in [0.5, 0.6) is 0 Å². The molecular formula is C12H20N2O2. The Morgan fingerprint density at radius 2 is 2.12 bits per heavy atom. The number of carbonyl (C=O) groups is 1. The molecule has 0 spiro atoms. The molecule has 1 heterocycles. The molecule has 90 valence electrons. The molecule has 0 bridgehead atoms. The molecule has 4 nitrogen and oxygen atoms in total. The van der Waals surface area contributed by atoms with Crippen molar-refractivity contribution in [1.82, 2.24) is 4.90 Å². The van der Waals surface area contributed by atoms with Crippen LogP contribution in [0.25, 0.3) is 0 Å². The van der Waals surface area contributed by atoms with Crippen molar-refractivity contribution in [3.05, 3.63) is 0 Å². The van der Waals surface area contributed by atoms with Gasteiger partial charge >= 0.3 is 0 Å².